The Labute approximate surface area is 95.1 Å². The van der Waals surface area contributed by atoms with Crippen LogP contribution in [-0.4, -0.2) is 49.2 Å². The van der Waals surface area contributed by atoms with E-state index in [4.69, 9.17) is 5.11 Å². The molecule has 1 saturated heterocycles. The zero-order chi connectivity index (χ0) is 13.3. The van der Waals surface area contributed by atoms with Crippen molar-refractivity contribution in [2.75, 3.05) is 13.2 Å². The van der Waals surface area contributed by atoms with Crippen LogP contribution in [-0.2, 0) is 14.3 Å². The van der Waals surface area contributed by atoms with Crippen LogP contribution in [0, 0.1) is 0 Å². The number of hydrogen-bond donors (Lipinski definition) is 1. The number of carboxylic acid groups (broad SMARTS) is 1. The summed E-state index contributed by atoms with van der Waals surface area (Å²) in [6.07, 6.45) is -0.563. The van der Waals surface area contributed by atoms with Crippen LogP contribution in [0.3, 0.4) is 0 Å². The van der Waals surface area contributed by atoms with Crippen molar-refractivity contribution in [3.05, 3.63) is 0 Å². The number of likely N-dealkylation sites (tertiary alicyclic amines) is 1. The Morgan fingerprint density at radius 2 is 2.06 bits per heavy atom. The summed E-state index contributed by atoms with van der Waals surface area (Å²) in [5.74, 6) is 0. The average molecular weight is 277 g/mol. The Bertz CT molecular complexity index is 393. The Kier molecular flexibility index (Phi) is 3.87. The first-order valence-corrected chi connectivity index (χ1v) is 6.01. The van der Waals surface area contributed by atoms with Gasteiger partial charge in [0.25, 0.3) is 0 Å². The molecule has 0 aromatic heterocycles. The predicted octanol–water partition coefficient (Wildman–Crippen LogP) is 0.995. The highest BCUT2D eigenvalue weighted by Crippen LogP contribution is 2.26. The standard InChI is InChI=1S/C7H10F3NO5S/c8-7(9,10)17(14,15)16-4-5-2-1-3-11(5)6(12)13/h5H,1-4H2,(H,12,13). The first-order valence-electron chi connectivity index (χ1n) is 4.60. The van der Waals surface area contributed by atoms with Crippen molar-refractivity contribution < 1.29 is 35.7 Å². The second-order valence-electron chi connectivity index (χ2n) is 3.46. The minimum absolute atomic E-state index is 0.162. The molecule has 0 bridgehead atoms. The molecule has 1 aliphatic rings. The monoisotopic (exact) mass is 277 g/mol. The molecular formula is C7H10F3NO5S. The van der Waals surface area contributed by atoms with Crippen LogP contribution in [0.4, 0.5) is 18.0 Å². The molecule has 0 spiro atoms. The summed E-state index contributed by atoms with van der Waals surface area (Å²) >= 11 is 0. The minimum Gasteiger partial charge on any atom is -0.465 e. The number of alkyl halides is 3. The molecule has 1 aliphatic heterocycles. The molecule has 10 heteroatoms. The van der Waals surface area contributed by atoms with Crippen molar-refractivity contribution in [2.45, 2.75) is 24.4 Å². The fourth-order valence-electron chi connectivity index (χ4n) is 1.50. The molecule has 1 fully saturated rings. The topological polar surface area (TPSA) is 83.9 Å². The summed E-state index contributed by atoms with van der Waals surface area (Å²) in [5.41, 5.74) is -5.49. The van der Waals surface area contributed by atoms with E-state index >= 15 is 0 Å². The second kappa shape index (κ2) is 4.69. The van der Waals surface area contributed by atoms with E-state index in [1.165, 1.54) is 0 Å². The van der Waals surface area contributed by atoms with Crippen LogP contribution in [0.5, 0.6) is 0 Å². The maximum Gasteiger partial charge on any atom is 0.523 e. The lowest BCUT2D eigenvalue weighted by atomic mass is 10.2. The van der Waals surface area contributed by atoms with Gasteiger partial charge in [0, 0.05) is 6.54 Å². The van der Waals surface area contributed by atoms with E-state index in [1.54, 1.807) is 0 Å². The third-order valence-corrected chi connectivity index (χ3v) is 3.34. The lowest BCUT2D eigenvalue weighted by Gasteiger charge is -2.21. The molecule has 0 aliphatic carbocycles. The van der Waals surface area contributed by atoms with Gasteiger partial charge in [0.2, 0.25) is 0 Å². The summed E-state index contributed by atoms with van der Waals surface area (Å²) in [4.78, 5) is 11.5. The summed E-state index contributed by atoms with van der Waals surface area (Å²) in [7, 11) is -5.65. The van der Waals surface area contributed by atoms with Gasteiger partial charge in [0.05, 0.1) is 12.6 Å². The van der Waals surface area contributed by atoms with E-state index in [1.807, 2.05) is 0 Å². The quantitative estimate of drug-likeness (QED) is 0.614. The molecular weight excluding hydrogens is 267 g/mol. The van der Waals surface area contributed by atoms with Crippen LogP contribution < -0.4 is 0 Å². The van der Waals surface area contributed by atoms with Gasteiger partial charge < -0.3 is 10.0 Å². The molecule has 0 radical (unpaired) electrons. The molecule has 0 aromatic carbocycles. The van der Waals surface area contributed by atoms with Crippen LogP contribution in [0.15, 0.2) is 0 Å². The number of carbonyl (C=O) groups is 1. The van der Waals surface area contributed by atoms with Crippen LogP contribution >= 0.6 is 0 Å². The number of amides is 1. The van der Waals surface area contributed by atoms with Gasteiger partial charge in [-0.05, 0) is 12.8 Å². The average Bonchev–Trinajstić information content (AvgIpc) is 2.60. The smallest absolute Gasteiger partial charge is 0.465 e. The van der Waals surface area contributed by atoms with Crippen molar-refractivity contribution in [3.63, 3.8) is 0 Å². The Morgan fingerprint density at radius 1 is 1.47 bits per heavy atom. The van der Waals surface area contributed by atoms with Gasteiger partial charge in [-0.1, -0.05) is 0 Å². The van der Waals surface area contributed by atoms with Crippen molar-refractivity contribution in [2.24, 2.45) is 0 Å². The first-order chi connectivity index (χ1) is 7.65. The second-order valence-corrected chi connectivity index (χ2v) is 5.06. The fraction of sp³-hybridized carbons (Fsp3) is 0.857. The van der Waals surface area contributed by atoms with Gasteiger partial charge in [-0.25, -0.2) is 4.79 Å². The van der Waals surface area contributed by atoms with Gasteiger partial charge in [-0.2, -0.15) is 21.6 Å². The van der Waals surface area contributed by atoms with Gasteiger partial charge in [0.15, 0.2) is 0 Å². The highest BCUT2D eigenvalue weighted by Gasteiger charge is 2.48. The molecule has 1 amide bonds. The van der Waals surface area contributed by atoms with Gasteiger partial charge in [-0.15, -0.1) is 0 Å². The van der Waals surface area contributed by atoms with E-state index in [-0.39, 0.29) is 13.0 Å². The van der Waals surface area contributed by atoms with Crippen molar-refractivity contribution >= 4 is 16.2 Å². The van der Waals surface area contributed by atoms with Crippen LogP contribution in [0.2, 0.25) is 0 Å². The molecule has 100 valence electrons. The zero-order valence-electron chi connectivity index (χ0n) is 8.48. The fourth-order valence-corrected chi connectivity index (χ4v) is 1.97. The molecule has 1 atom stereocenters. The van der Waals surface area contributed by atoms with E-state index in [9.17, 15) is 26.4 Å². The summed E-state index contributed by atoms with van der Waals surface area (Å²) in [5, 5.41) is 8.67. The summed E-state index contributed by atoms with van der Waals surface area (Å²) < 4.78 is 60.7. The summed E-state index contributed by atoms with van der Waals surface area (Å²) in [6, 6.07) is -0.857. The maximum absolute atomic E-state index is 11.9. The summed E-state index contributed by atoms with van der Waals surface area (Å²) in [6.45, 7) is -0.649. The molecule has 0 aromatic rings. The lowest BCUT2D eigenvalue weighted by Crippen LogP contribution is -2.39. The van der Waals surface area contributed by atoms with Crippen molar-refractivity contribution in [1.82, 2.24) is 4.90 Å². The van der Waals surface area contributed by atoms with Gasteiger partial charge >= 0.3 is 21.7 Å². The highest BCUT2D eigenvalue weighted by molar-refractivity contribution is 7.87. The van der Waals surface area contributed by atoms with E-state index in [0.717, 1.165) is 4.90 Å². The molecule has 1 heterocycles. The minimum atomic E-state index is -5.65. The number of hydrogen-bond acceptors (Lipinski definition) is 4. The molecule has 1 rings (SSSR count). The van der Waals surface area contributed by atoms with Gasteiger partial charge in [-0.3, -0.25) is 4.18 Å². The first kappa shape index (κ1) is 14.0. The lowest BCUT2D eigenvalue weighted by molar-refractivity contribution is -0.0551. The molecule has 1 unspecified atom stereocenters. The maximum atomic E-state index is 11.9. The Hall–Kier alpha value is -1.03. The van der Waals surface area contributed by atoms with E-state index in [0.29, 0.717) is 6.42 Å². The van der Waals surface area contributed by atoms with Crippen LogP contribution in [0.1, 0.15) is 12.8 Å². The molecule has 1 N–H and O–H groups in total. The van der Waals surface area contributed by atoms with Crippen molar-refractivity contribution in [1.29, 1.82) is 0 Å². The number of rotatable bonds is 3. The third kappa shape index (κ3) is 3.22. The van der Waals surface area contributed by atoms with Crippen molar-refractivity contribution in [3.8, 4) is 0 Å². The number of halogens is 3. The normalized spacial score (nSPS) is 21.8. The Balaban J connectivity index is 2.60. The van der Waals surface area contributed by atoms with Gasteiger partial charge in [0.1, 0.15) is 0 Å². The van der Waals surface area contributed by atoms with E-state index < -0.39 is 34.4 Å². The SMILES string of the molecule is O=C(O)N1CCCC1COS(=O)(=O)C(F)(F)F. The van der Waals surface area contributed by atoms with E-state index in [2.05, 4.69) is 4.18 Å². The zero-order valence-corrected chi connectivity index (χ0v) is 9.29. The molecule has 17 heavy (non-hydrogen) atoms. The predicted molar refractivity (Wildman–Crippen MR) is 48.7 cm³/mol. The number of nitrogens with zero attached hydrogens (tertiary/aromatic N) is 1. The molecule has 0 saturated carbocycles. The largest absolute Gasteiger partial charge is 0.523 e. The molecule has 6 nitrogen and oxygen atoms in total. The van der Waals surface area contributed by atoms with Crippen LogP contribution in [0.25, 0.3) is 0 Å². The highest BCUT2D eigenvalue weighted by atomic mass is 32.2. The Morgan fingerprint density at radius 3 is 2.53 bits per heavy atom. The third-order valence-electron chi connectivity index (χ3n) is 2.32.